The van der Waals surface area contributed by atoms with E-state index in [4.69, 9.17) is 23.8 Å². The monoisotopic (exact) mass is 286 g/mol. The fraction of sp³-hybridized carbons (Fsp3) is 0.0667. The number of para-hydroxylation sites is 1. The van der Waals surface area contributed by atoms with Crippen LogP contribution in [0.3, 0.4) is 0 Å². The van der Waals surface area contributed by atoms with Crippen LogP contribution >= 0.6 is 23.8 Å². The first-order valence-corrected chi connectivity index (χ1v) is 6.67. The zero-order valence-electron chi connectivity index (χ0n) is 10.3. The lowest BCUT2D eigenvalue weighted by Gasteiger charge is -2.10. The topological polar surface area (TPSA) is 17.8 Å². The Morgan fingerprint density at radius 2 is 1.74 bits per heavy atom. The highest BCUT2D eigenvalue weighted by Gasteiger charge is 2.07. The zero-order valence-corrected chi connectivity index (χ0v) is 11.9. The largest absolute Gasteiger partial charge is 0.319 e. The molecule has 0 saturated carbocycles. The summed E-state index contributed by atoms with van der Waals surface area (Å²) < 4.78 is 2.72. The fourth-order valence-electron chi connectivity index (χ4n) is 2.08. The molecule has 2 nitrogen and oxygen atoms in total. The summed E-state index contributed by atoms with van der Waals surface area (Å²) in [5.41, 5.74) is 1.92. The van der Waals surface area contributed by atoms with Crippen LogP contribution in [0, 0.1) is 4.64 Å². The second-order valence-corrected chi connectivity index (χ2v) is 5.15. The summed E-state index contributed by atoms with van der Waals surface area (Å²) in [6.07, 6.45) is 0. The Labute approximate surface area is 121 Å². The highest BCUT2D eigenvalue weighted by Crippen LogP contribution is 2.23. The summed E-state index contributed by atoms with van der Waals surface area (Å²) in [4.78, 5) is 4.69. The van der Waals surface area contributed by atoms with Crippen molar-refractivity contribution in [2.45, 2.75) is 0 Å². The molecule has 3 aromatic rings. The maximum atomic E-state index is 5.92. The molecule has 0 aliphatic heterocycles. The van der Waals surface area contributed by atoms with Crippen LogP contribution in [0.5, 0.6) is 0 Å². The minimum absolute atomic E-state index is 0.714. The van der Waals surface area contributed by atoms with E-state index < -0.39 is 0 Å². The average molecular weight is 287 g/mol. The summed E-state index contributed by atoms with van der Waals surface area (Å²) in [7, 11) is 1.94. The number of nitrogens with zero attached hydrogens (tertiary/aromatic N) is 2. The Hall–Kier alpha value is -1.71. The van der Waals surface area contributed by atoms with Crippen molar-refractivity contribution in [3.63, 3.8) is 0 Å². The third kappa shape index (κ3) is 2.15. The molecular weight excluding hydrogens is 276 g/mol. The van der Waals surface area contributed by atoms with Gasteiger partial charge in [0, 0.05) is 23.0 Å². The van der Waals surface area contributed by atoms with Gasteiger partial charge in [-0.05, 0) is 36.4 Å². The number of hydrogen-bond donors (Lipinski definition) is 0. The lowest BCUT2D eigenvalue weighted by atomic mass is 10.2. The first-order chi connectivity index (χ1) is 9.16. The van der Waals surface area contributed by atoms with E-state index >= 15 is 0 Å². The first-order valence-electron chi connectivity index (χ1n) is 5.88. The molecule has 4 heteroatoms. The van der Waals surface area contributed by atoms with Gasteiger partial charge in [0.15, 0.2) is 0 Å². The molecule has 1 heterocycles. The van der Waals surface area contributed by atoms with Crippen LogP contribution in [0.25, 0.3) is 22.3 Å². The van der Waals surface area contributed by atoms with Gasteiger partial charge in [-0.3, -0.25) is 0 Å². The lowest BCUT2D eigenvalue weighted by Crippen LogP contribution is -2.02. The normalized spacial score (nSPS) is 10.8. The summed E-state index contributed by atoms with van der Waals surface area (Å²) >= 11 is 11.4. The molecule has 0 spiro atoms. The van der Waals surface area contributed by atoms with Crippen molar-refractivity contribution >= 4 is 34.7 Å². The molecule has 0 unspecified atom stereocenters. The second-order valence-electron chi connectivity index (χ2n) is 4.32. The smallest absolute Gasteiger partial charge is 0.141 e. The predicted molar refractivity (Wildman–Crippen MR) is 82.0 cm³/mol. The van der Waals surface area contributed by atoms with Crippen LogP contribution in [-0.4, -0.2) is 9.55 Å². The number of benzene rings is 2. The van der Waals surface area contributed by atoms with Crippen LogP contribution in [0.2, 0.25) is 5.02 Å². The van der Waals surface area contributed by atoms with E-state index in [2.05, 4.69) is 4.98 Å². The summed E-state index contributed by atoms with van der Waals surface area (Å²) in [6, 6.07) is 15.5. The van der Waals surface area contributed by atoms with E-state index in [0.29, 0.717) is 5.02 Å². The van der Waals surface area contributed by atoms with Gasteiger partial charge in [0.2, 0.25) is 0 Å². The number of halogens is 1. The molecule has 0 amide bonds. The molecule has 0 aliphatic rings. The maximum Gasteiger partial charge on any atom is 0.141 e. The number of hydrogen-bond acceptors (Lipinski definition) is 2. The fourth-order valence-corrected chi connectivity index (χ4v) is 2.46. The highest BCUT2D eigenvalue weighted by atomic mass is 35.5. The third-order valence-electron chi connectivity index (χ3n) is 3.09. The molecule has 0 saturated heterocycles. The molecule has 0 radical (unpaired) electrons. The van der Waals surface area contributed by atoms with Gasteiger partial charge in [-0.2, -0.15) is 0 Å². The predicted octanol–water partition coefficient (Wildman–Crippen LogP) is 4.62. The number of fused-ring (bicyclic) bond motifs is 1. The van der Waals surface area contributed by atoms with Crippen molar-refractivity contribution in [2.75, 3.05) is 0 Å². The summed E-state index contributed by atoms with van der Waals surface area (Å²) in [5, 5.41) is 1.71. The van der Waals surface area contributed by atoms with Crippen LogP contribution in [0.4, 0.5) is 0 Å². The average Bonchev–Trinajstić information content (AvgIpc) is 2.44. The quantitative estimate of drug-likeness (QED) is 0.607. The van der Waals surface area contributed by atoms with Crippen molar-refractivity contribution in [3.05, 3.63) is 58.2 Å². The van der Waals surface area contributed by atoms with Crippen LogP contribution in [-0.2, 0) is 7.05 Å². The first kappa shape index (κ1) is 12.3. The van der Waals surface area contributed by atoms with Crippen LogP contribution in [0.15, 0.2) is 48.5 Å². The standard InChI is InChI=1S/C15H11ClN2S/c1-18-14(10-6-8-11(16)9-7-10)17-13-5-3-2-4-12(13)15(18)19/h2-9H,1H3. The molecular formula is C15H11ClN2S. The Bertz CT molecular complexity index is 806. The van der Waals surface area contributed by atoms with Crippen molar-refractivity contribution in [1.82, 2.24) is 9.55 Å². The second kappa shape index (κ2) is 4.76. The van der Waals surface area contributed by atoms with Crippen molar-refractivity contribution in [1.29, 1.82) is 0 Å². The van der Waals surface area contributed by atoms with E-state index in [9.17, 15) is 0 Å². The van der Waals surface area contributed by atoms with Crippen molar-refractivity contribution in [2.24, 2.45) is 7.05 Å². The Morgan fingerprint density at radius 3 is 2.47 bits per heavy atom. The Kier molecular flexibility index (Phi) is 3.09. The number of rotatable bonds is 1. The molecule has 0 atom stereocenters. The molecule has 94 valence electrons. The maximum absolute atomic E-state index is 5.92. The molecule has 0 fully saturated rings. The lowest BCUT2D eigenvalue weighted by molar-refractivity contribution is 0.879. The van der Waals surface area contributed by atoms with Crippen molar-refractivity contribution < 1.29 is 0 Å². The minimum Gasteiger partial charge on any atom is -0.319 e. The van der Waals surface area contributed by atoms with Crippen LogP contribution < -0.4 is 0 Å². The zero-order chi connectivity index (χ0) is 13.4. The number of aromatic nitrogens is 2. The molecule has 0 aliphatic carbocycles. The van der Waals surface area contributed by atoms with E-state index in [1.54, 1.807) is 0 Å². The van der Waals surface area contributed by atoms with Crippen molar-refractivity contribution in [3.8, 4) is 11.4 Å². The molecule has 1 aromatic heterocycles. The Morgan fingerprint density at radius 1 is 1.05 bits per heavy atom. The van der Waals surface area contributed by atoms with Gasteiger partial charge in [0.25, 0.3) is 0 Å². The van der Waals surface area contributed by atoms with Crippen LogP contribution in [0.1, 0.15) is 0 Å². The van der Waals surface area contributed by atoms with Gasteiger partial charge in [-0.15, -0.1) is 0 Å². The van der Waals surface area contributed by atoms with E-state index in [-0.39, 0.29) is 0 Å². The molecule has 3 rings (SSSR count). The highest BCUT2D eigenvalue weighted by molar-refractivity contribution is 7.71. The molecule has 19 heavy (non-hydrogen) atoms. The van der Waals surface area contributed by atoms with Gasteiger partial charge < -0.3 is 4.57 Å². The van der Waals surface area contributed by atoms with E-state index in [1.807, 2.05) is 60.1 Å². The Balaban J connectivity index is 2.33. The van der Waals surface area contributed by atoms with Gasteiger partial charge >= 0.3 is 0 Å². The molecule has 0 bridgehead atoms. The van der Waals surface area contributed by atoms with Gasteiger partial charge in [-0.1, -0.05) is 36.0 Å². The molecule has 0 N–H and O–H groups in total. The molecule has 2 aromatic carbocycles. The van der Waals surface area contributed by atoms with Gasteiger partial charge in [0.05, 0.1) is 5.52 Å². The summed E-state index contributed by atoms with van der Waals surface area (Å²) in [5.74, 6) is 0.848. The van der Waals surface area contributed by atoms with E-state index in [0.717, 1.165) is 26.9 Å². The third-order valence-corrected chi connectivity index (χ3v) is 3.83. The summed E-state index contributed by atoms with van der Waals surface area (Å²) in [6.45, 7) is 0. The van der Waals surface area contributed by atoms with Gasteiger partial charge in [0.1, 0.15) is 10.5 Å². The van der Waals surface area contributed by atoms with E-state index in [1.165, 1.54) is 0 Å². The minimum atomic E-state index is 0.714. The van der Waals surface area contributed by atoms with Gasteiger partial charge in [-0.25, -0.2) is 4.98 Å². The SMILES string of the molecule is Cn1c(-c2ccc(Cl)cc2)nc2ccccc2c1=S.